The summed E-state index contributed by atoms with van der Waals surface area (Å²) in [5.41, 5.74) is 23.4. The molecule has 0 bridgehead atoms. The number of nitrogens with zero attached hydrogens (tertiary/aromatic N) is 3. The molecule has 4 heteroatoms. The molecular formula is C72H71N3S. The second-order valence-electron chi connectivity index (χ2n) is 25.6. The zero-order valence-corrected chi connectivity index (χ0v) is 47.5. The van der Waals surface area contributed by atoms with Crippen LogP contribution >= 0.6 is 11.3 Å². The molecule has 1 atom stereocenters. The van der Waals surface area contributed by atoms with Gasteiger partial charge in [0.05, 0.1) is 28.8 Å². The summed E-state index contributed by atoms with van der Waals surface area (Å²) >= 11 is 1.90. The number of anilines is 8. The van der Waals surface area contributed by atoms with Crippen LogP contribution in [0, 0.1) is 6.92 Å². The Morgan fingerprint density at radius 2 is 0.934 bits per heavy atom. The van der Waals surface area contributed by atoms with Gasteiger partial charge < -0.3 is 14.7 Å². The van der Waals surface area contributed by atoms with Gasteiger partial charge in [0.2, 0.25) is 0 Å². The van der Waals surface area contributed by atoms with E-state index in [9.17, 15) is 0 Å². The molecule has 0 radical (unpaired) electrons. The SMILES string of the molecule is Cc1cc2c3c(c1)N(c1ccc(C(C)(C)C)cc1-c1ccccc1)c1ccc4sc5ccccc5c4c1C3N(c1ccc(C(C)(C)C)cc1)c1cc(N(c3ccc(C(C)(C)C)cc3)c3ccc(C(C)(C)C)cc3)ccc1-2. The summed E-state index contributed by atoms with van der Waals surface area (Å²) in [7, 11) is 0. The van der Waals surface area contributed by atoms with Crippen molar-refractivity contribution >= 4 is 77.0 Å². The highest BCUT2D eigenvalue weighted by Crippen LogP contribution is 2.63. The Hall–Kier alpha value is -7.40. The van der Waals surface area contributed by atoms with Crippen LogP contribution in [-0.4, -0.2) is 0 Å². The van der Waals surface area contributed by atoms with Crippen LogP contribution in [0.2, 0.25) is 0 Å². The average Bonchev–Trinajstić information content (AvgIpc) is 3.87. The van der Waals surface area contributed by atoms with E-state index in [4.69, 9.17) is 0 Å². The Balaban J connectivity index is 1.18. The highest BCUT2D eigenvalue weighted by atomic mass is 32.1. The van der Waals surface area contributed by atoms with Crippen LogP contribution in [0.1, 0.15) is 128 Å². The van der Waals surface area contributed by atoms with Gasteiger partial charge in [0, 0.05) is 65.2 Å². The molecule has 9 aromatic carbocycles. The largest absolute Gasteiger partial charge is 0.329 e. The van der Waals surface area contributed by atoms with Crippen molar-refractivity contribution in [3.63, 3.8) is 0 Å². The summed E-state index contributed by atoms with van der Waals surface area (Å²) in [5, 5.41) is 2.63. The molecular weight excluding hydrogens is 939 g/mol. The molecule has 76 heavy (non-hydrogen) atoms. The Morgan fingerprint density at radius 1 is 0.395 bits per heavy atom. The quantitative estimate of drug-likeness (QED) is 0.164. The summed E-state index contributed by atoms with van der Waals surface area (Å²) in [5.74, 6) is 0. The molecule has 0 fully saturated rings. The molecule has 0 N–H and O–H groups in total. The van der Waals surface area contributed by atoms with Crippen LogP contribution in [0.25, 0.3) is 42.4 Å². The summed E-state index contributed by atoms with van der Waals surface area (Å²) < 4.78 is 2.60. The molecule has 3 nitrogen and oxygen atoms in total. The maximum atomic E-state index is 2.71. The first kappa shape index (κ1) is 49.5. The van der Waals surface area contributed by atoms with E-state index in [-0.39, 0.29) is 27.7 Å². The van der Waals surface area contributed by atoms with Gasteiger partial charge in [-0.05, 0) is 152 Å². The Kier molecular flexibility index (Phi) is 11.6. The molecule has 380 valence electrons. The Morgan fingerprint density at radius 3 is 1.54 bits per heavy atom. The molecule has 0 amide bonds. The Bertz CT molecular complexity index is 3790. The second-order valence-corrected chi connectivity index (χ2v) is 26.7. The lowest BCUT2D eigenvalue weighted by atomic mass is 9.77. The molecule has 10 aromatic rings. The van der Waals surface area contributed by atoms with E-state index in [1.807, 2.05) is 11.3 Å². The van der Waals surface area contributed by atoms with Crippen molar-refractivity contribution in [3.05, 3.63) is 227 Å². The van der Waals surface area contributed by atoms with E-state index in [0.29, 0.717) is 0 Å². The first-order valence-corrected chi connectivity index (χ1v) is 28.1. The standard InChI is InChI=1S/C72H71N3S/c1-45-41-58-55-37-36-54(73(51-30-23-47(24-31-51)69(2,3)4)52-32-25-48(26-33-52)70(5,6)7)44-61(55)74(53-34-27-49(28-35-53)71(8,9)10)68-65(58)62(42-45)75(60-39-40-64-66(67(60)68)56-21-17-18-22-63(56)76-64)59-38-29-50(72(11,12)13)43-57(59)46-19-15-14-16-20-46/h14-44,68H,1-13H3. The molecule has 1 unspecified atom stereocenters. The van der Waals surface area contributed by atoms with Crippen molar-refractivity contribution in [3.8, 4) is 22.3 Å². The summed E-state index contributed by atoms with van der Waals surface area (Å²) in [4.78, 5) is 7.80. The van der Waals surface area contributed by atoms with Crippen LogP contribution in [0.5, 0.6) is 0 Å². The van der Waals surface area contributed by atoms with E-state index in [0.717, 1.165) is 17.1 Å². The molecule has 0 saturated heterocycles. The first-order chi connectivity index (χ1) is 36.1. The van der Waals surface area contributed by atoms with Crippen molar-refractivity contribution < 1.29 is 0 Å². The van der Waals surface area contributed by atoms with Crippen molar-refractivity contribution in [2.24, 2.45) is 0 Å². The topological polar surface area (TPSA) is 9.72 Å². The number of rotatable bonds is 6. The van der Waals surface area contributed by atoms with Gasteiger partial charge in [0.15, 0.2) is 0 Å². The predicted octanol–water partition coefficient (Wildman–Crippen LogP) is 21.4. The van der Waals surface area contributed by atoms with E-state index in [1.165, 1.54) is 110 Å². The summed E-state index contributed by atoms with van der Waals surface area (Å²) in [6, 6.07) is 72.2. The number of hydrogen-bond acceptors (Lipinski definition) is 4. The number of benzene rings is 9. The molecule has 2 aliphatic heterocycles. The smallest absolute Gasteiger partial charge is 0.0898 e. The average molecular weight is 1010 g/mol. The molecule has 0 saturated carbocycles. The van der Waals surface area contributed by atoms with Crippen LogP contribution in [0.4, 0.5) is 45.5 Å². The fourth-order valence-electron chi connectivity index (χ4n) is 11.9. The highest BCUT2D eigenvalue weighted by molar-refractivity contribution is 7.25. The minimum atomic E-state index is -0.179. The normalized spacial score (nSPS) is 14.5. The molecule has 12 rings (SSSR count). The lowest BCUT2D eigenvalue weighted by Gasteiger charge is -2.48. The molecule has 0 aliphatic carbocycles. The van der Waals surface area contributed by atoms with Gasteiger partial charge in [-0.1, -0.05) is 186 Å². The second kappa shape index (κ2) is 17.9. The molecule has 2 aliphatic rings. The fourth-order valence-corrected chi connectivity index (χ4v) is 13.0. The van der Waals surface area contributed by atoms with Crippen LogP contribution in [0.3, 0.4) is 0 Å². The molecule has 3 heterocycles. The maximum Gasteiger partial charge on any atom is 0.0898 e. The van der Waals surface area contributed by atoms with Gasteiger partial charge in [0.25, 0.3) is 0 Å². The molecule has 0 spiro atoms. The van der Waals surface area contributed by atoms with Gasteiger partial charge >= 0.3 is 0 Å². The van der Waals surface area contributed by atoms with Crippen LogP contribution in [-0.2, 0) is 21.7 Å². The Labute approximate surface area is 456 Å². The minimum Gasteiger partial charge on any atom is -0.329 e. The van der Waals surface area contributed by atoms with Crippen molar-refractivity contribution in [1.82, 2.24) is 0 Å². The van der Waals surface area contributed by atoms with Gasteiger partial charge in [-0.2, -0.15) is 0 Å². The lowest BCUT2D eigenvalue weighted by Crippen LogP contribution is -2.35. The highest BCUT2D eigenvalue weighted by Gasteiger charge is 2.44. The summed E-state index contributed by atoms with van der Waals surface area (Å²) in [6.45, 7) is 30.0. The molecule has 1 aromatic heterocycles. The third-order valence-corrected chi connectivity index (χ3v) is 17.3. The first-order valence-electron chi connectivity index (χ1n) is 27.3. The number of thiophene rings is 1. The lowest BCUT2D eigenvalue weighted by molar-refractivity contribution is 0.590. The summed E-state index contributed by atoms with van der Waals surface area (Å²) in [6.07, 6.45) is 0. The van der Waals surface area contributed by atoms with Crippen LogP contribution in [0.15, 0.2) is 188 Å². The maximum absolute atomic E-state index is 2.71. The monoisotopic (exact) mass is 1010 g/mol. The van der Waals surface area contributed by atoms with E-state index in [2.05, 4.69) is 293 Å². The van der Waals surface area contributed by atoms with Crippen LogP contribution < -0.4 is 14.7 Å². The minimum absolute atomic E-state index is 0.00687. The fraction of sp³-hybridized carbons (Fsp3) is 0.250. The number of hydrogen-bond donors (Lipinski definition) is 0. The van der Waals surface area contributed by atoms with Gasteiger partial charge in [0.1, 0.15) is 0 Å². The van der Waals surface area contributed by atoms with Crippen molar-refractivity contribution in [2.75, 3.05) is 14.7 Å². The predicted molar refractivity (Wildman–Crippen MR) is 330 cm³/mol. The number of aryl methyl sites for hydroxylation is 1. The van der Waals surface area contributed by atoms with E-state index in [1.54, 1.807) is 0 Å². The third-order valence-electron chi connectivity index (χ3n) is 16.1. The van der Waals surface area contributed by atoms with Gasteiger partial charge in [-0.15, -0.1) is 11.3 Å². The third kappa shape index (κ3) is 8.41. The van der Waals surface area contributed by atoms with Gasteiger partial charge in [-0.3, -0.25) is 0 Å². The van der Waals surface area contributed by atoms with Gasteiger partial charge in [-0.25, -0.2) is 0 Å². The zero-order valence-electron chi connectivity index (χ0n) is 46.7. The number of fused-ring (bicyclic) bond motifs is 8. The van der Waals surface area contributed by atoms with Crippen molar-refractivity contribution in [2.45, 2.75) is 118 Å². The zero-order chi connectivity index (χ0) is 53.2. The van der Waals surface area contributed by atoms with E-state index >= 15 is 0 Å². The van der Waals surface area contributed by atoms with E-state index < -0.39 is 0 Å². The van der Waals surface area contributed by atoms with Crippen molar-refractivity contribution in [1.29, 1.82) is 0 Å².